The van der Waals surface area contributed by atoms with E-state index in [9.17, 15) is 0 Å². The number of aliphatic carboxylic acids is 1. The molecular formula is C20H12I6O2S. The Morgan fingerprint density at radius 2 is 1.03 bits per heavy atom. The lowest BCUT2D eigenvalue weighted by molar-refractivity contribution is -0.302. The molecule has 0 aliphatic rings. The summed E-state index contributed by atoms with van der Waals surface area (Å²) >= 11 is 14.8. The van der Waals surface area contributed by atoms with Crippen LogP contribution in [0.25, 0.3) is 0 Å². The highest BCUT2D eigenvalue weighted by Gasteiger charge is 2.37. The van der Waals surface area contributed by atoms with Crippen molar-refractivity contribution in [2.75, 3.05) is 0 Å². The Bertz CT molecular complexity index is 919. The Labute approximate surface area is 255 Å². The van der Waals surface area contributed by atoms with Crippen LogP contribution in [0.3, 0.4) is 0 Å². The van der Waals surface area contributed by atoms with Gasteiger partial charge in [-0.1, -0.05) is 18.2 Å². The molecule has 0 atom stereocenters. The second-order valence-corrected chi connectivity index (χ2v) is 14.5. The zero-order chi connectivity index (χ0) is 21.7. The highest BCUT2D eigenvalue weighted by Crippen LogP contribution is 2.41. The summed E-state index contributed by atoms with van der Waals surface area (Å²) in [5.41, 5.74) is 0. The SMILES string of the molecule is CC(=O)[O-].Ic1cc(I)c([S+](c2ccccc2)c2c(I)cc(I)cc2I)c(I)c1. The minimum atomic E-state index is -1.08. The zero-order valence-electron chi connectivity index (χ0n) is 14.7. The maximum absolute atomic E-state index is 8.89. The summed E-state index contributed by atoms with van der Waals surface area (Å²) in [6.07, 6.45) is 0. The Morgan fingerprint density at radius 1 is 0.724 bits per heavy atom. The summed E-state index contributed by atoms with van der Waals surface area (Å²) in [4.78, 5) is 13.1. The molecule has 0 radical (unpaired) electrons. The number of benzene rings is 3. The molecule has 0 unspecified atom stereocenters. The number of halogens is 6. The summed E-state index contributed by atoms with van der Waals surface area (Å²) in [7, 11) is -0.114. The van der Waals surface area contributed by atoms with E-state index >= 15 is 0 Å². The van der Waals surface area contributed by atoms with Crippen molar-refractivity contribution in [1.29, 1.82) is 0 Å². The molecule has 0 bridgehead atoms. The van der Waals surface area contributed by atoms with E-state index in [4.69, 9.17) is 9.90 Å². The molecule has 0 spiro atoms. The molecular weight excluding hydrogens is 1070 g/mol. The molecule has 9 heteroatoms. The molecule has 3 aromatic rings. The van der Waals surface area contributed by atoms with Crippen molar-refractivity contribution in [2.24, 2.45) is 0 Å². The fourth-order valence-corrected chi connectivity index (χ4v) is 14.3. The first kappa shape index (κ1) is 27.1. The van der Waals surface area contributed by atoms with E-state index in [0.29, 0.717) is 0 Å². The molecule has 152 valence electrons. The maximum atomic E-state index is 8.89. The first-order valence-corrected chi connectivity index (χ1v) is 15.6. The smallest absolute Gasteiger partial charge is 0.193 e. The van der Waals surface area contributed by atoms with Crippen LogP contribution < -0.4 is 5.11 Å². The summed E-state index contributed by atoms with van der Waals surface area (Å²) in [5, 5.41) is 8.89. The molecule has 0 amide bonds. The van der Waals surface area contributed by atoms with E-state index < -0.39 is 5.97 Å². The highest BCUT2D eigenvalue weighted by atomic mass is 127. The largest absolute Gasteiger partial charge is 0.550 e. The minimum absolute atomic E-state index is 0.114. The van der Waals surface area contributed by atoms with Gasteiger partial charge in [0, 0.05) is 13.1 Å². The van der Waals surface area contributed by atoms with E-state index in [1.165, 1.54) is 36.1 Å². The lowest BCUT2D eigenvalue weighted by atomic mass is 10.4. The van der Waals surface area contributed by atoms with Gasteiger partial charge in [0.25, 0.3) is 0 Å². The van der Waals surface area contributed by atoms with E-state index in [-0.39, 0.29) is 10.9 Å². The number of rotatable bonds is 3. The molecule has 3 aromatic carbocycles. The van der Waals surface area contributed by atoms with Crippen molar-refractivity contribution < 1.29 is 9.90 Å². The van der Waals surface area contributed by atoms with Crippen molar-refractivity contribution in [3.05, 3.63) is 76.0 Å². The monoisotopic (exact) mass is 1080 g/mol. The van der Waals surface area contributed by atoms with Crippen molar-refractivity contribution in [3.8, 4) is 0 Å². The van der Waals surface area contributed by atoms with Gasteiger partial charge in [-0.15, -0.1) is 0 Å². The molecule has 0 heterocycles. The second-order valence-electron chi connectivity index (χ2n) is 5.51. The Morgan fingerprint density at radius 3 is 1.34 bits per heavy atom. The fraction of sp³-hybridized carbons (Fsp3) is 0.0500. The summed E-state index contributed by atoms with van der Waals surface area (Å²) in [5.74, 6) is -1.08. The number of hydrogen-bond acceptors (Lipinski definition) is 2. The molecule has 0 N–H and O–H groups in total. The van der Waals surface area contributed by atoms with Gasteiger partial charge in [-0.2, -0.15) is 0 Å². The van der Waals surface area contributed by atoms with Gasteiger partial charge in [-0.05, 0) is 179 Å². The van der Waals surface area contributed by atoms with Gasteiger partial charge in [-0.25, -0.2) is 0 Å². The lowest BCUT2D eigenvalue weighted by Gasteiger charge is -2.14. The minimum Gasteiger partial charge on any atom is -0.550 e. The van der Waals surface area contributed by atoms with E-state index in [1.54, 1.807) is 0 Å². The third-order valence-electron chi connectivity index (χ3n) is 3.31. The number of carboxylic acid groups (broad SMARTS) is 1. The van der Waals surface area contributed by atoms with Gasteiger partial charge >= 0.3 is 0 Å². The second kappa shape index (κ2) is 12.9. The average Bonchev–Trinajstić information content (AvgIpc) is 2.59. The van der Waals surface area contributed by atoms with Gasteiger partial charge in [-0.3, -0.25) is 0 Å². The normalized spacial score (nSPS) is 10.5. The van der Waals surface area contributed by atoms with Crippen LogP contribution in [0.15, 0.2) is 69.3 Å². The van der Waals surface area contributed by atoms with Gasteiger partial charge in [0.1, 0.15) is 10.9 Å². The van der Waals surface area contributed by atoms with Crippen LogP contribution >= 0.6 is 136 Å². The molecule has 0 aliphatic carbocycles. The number of carboxylic acids is 1. The first-order valence-electron chi connectivity index (χ1n) is 7.87. The van der Waals surface area contributed by atoms with Crippen molar-refractivity contribution in [3.63, 3.8) is 0 Å². The first-order chi connectivity index (χ1) is 13.6. The van der Waals surface area contributed by atoms with Crippen molar-refractivity contribution in [1.82, 2.24) is 0 Å². The molecule has 0 saturated carbocycles. The predicted octanol–water partition coefficient (Wildman–Crippen LogP) is 7.17. The van der Waals surface area contributed by atoms with Crippen LogP contribution in [0.4, 0.5) is 0 Å². The average molecular weight is 1080 g/mol. The van der Waals surface area contributed by atoms with Crippen molar-refractivity contribution in [2.45, 2.75) is 21.6 Å². The quantitative estimate of drug-likeness (QED) is 0.207. The van der Waals surface area contributed by atoms with E-state index in [2.05, 4.69) is 190 Å². The zero-order valence-corrected chi connectivity index (χ0v) is 28.5. The molecule has 0 saturated heterocycles. The van der Waals surface area contributed by atoms with Gasteiger partial charge in [0.2, 0.25) is 0 Å². The maximum Gasteiger partial charge on any atom is 0.193 e. The van der Waals surface area contributed by atoms with Crippen LogP contribution in [-0.2, 0) is 15.7 Å². The molecule has 29 heavy (non-hydrogen) atoms. The van der Waals surface area contributed by atoms with Crippen LogP contribution in [0.2, 0.25) is 0 Å². The number of carbonyl (C=O) groups excluding carboxylic acids is 1. The summed E-state index contributed by atoms with van der Waals surface area (Å²) in [6, 6.07) is 20.1. The lowest BCUT2D eigenvalue weighted by Crippen LogP contribution is -2.16. The van der Waals surface area contributed by atoms with Crippen LogP contribution in [0.1, 0.15) is 6.92 Å². The van der Waals surface area contributed by atoms with Crippen LogP contribution in [-0.4, -0.2) is 5.97 Å². The molecule has 3 rings (SSSR count). The summed E-state index contributed by atoms with van der Waals surface area (Å²) < 4.78 is 7.94. The van der Waals surface area contributed by atoms with Crippen LogP contribution in [0, 0.1) is 21.4 Å². The highest BCUT2D eigenvalue weighted by molar-refractivity contribution is 14.1. The topological polar surface area (TPSA) is 40.1 Å². The van der Waals surface area contributed by atoms with Gasteiger partial charge in [0.05, 0.1) is 14.3 Å². The molecule has 0 aromatic heterocycles. The number of hydrogen-bond donors (Lipinski definition) is 0. The third kappa shape index (κ3) is 7.99. The molecule has 2 nitrogen and oxygen atoms in total. The van der Waals surface area contributed by atoms with E-state index in [1.807, 2.05) is 0 Å². The fourth-order valence-electron chi connectivity index (χ4n) is 2.34. The molecule has 0 aliphatic heterocycles. The standard InChI is InChI=1S/C18H9I6S.C2H4O2/c19-10-6-13(21)17(14(22)7-10)25(12-4-2-1-3-5-12)18-15(23)8-11(20)9-16(18)24;1-2(3)4/h1-9H;1H3,(H,3,4)/q+1;/p-1. The summed E-state index contributed by atoms with van der Waals surface area (Å²) in [6.45, 7) is 0.972. The van der Waals surface area contributed by atoms with Gasteiger partial charge < -0.3 is 9.90 Å². The van der Waals surface area contributed by atoms with Crippen LogP contribution in [0.5, 0.6) is 0 Å². The number of carbonyl (C=O) groups is 1. The van der Waals surface area contributed by atoms with E-state index in [0.717, 1.165) is 6.92 Å². The Hall–Kier alpha value is 1.86. The Kier molecular flexibility index (Phi) is 12.1. The third-order valence-corrected chi connectivity index (χ3v) is 11.9. The Balaban J connectivity index is 0.000000687. The predicted molar refractivity (Wildman–Crippen MR) is 168 cm³/mol. The van der Waals surface area contributed by atoms with Gasteiger partial charge in [0.15, 0.2) is 14.7 Å². The molecule has 0 fully saturated rings. The van der Waals surface area contributed by atoms with Crippen molar-refractivity contribution >= 4 is 152 Å².